The normalized spacial score (nSPS) is 18.5. The maximum atomic E-state index is 5.90. The molecule has 4 nitrogen and oxygen atoms in total. The number of ether oxygens (including phenoxy) is 2. The number of benzene rings is 2. The van der Waals surface area contributed by atoms with Crippen molar-refractivity contribution in [3.05, 3.63) is 65.7 Å². The van der Waals surface area contributed by atoms with E-state index in [9.17, 15) is 0 Å². The van der Waals surface area contributed by atoms with Gasteiger partial charge in [-0.2, -0.15) is 0 Å². The van der Waals surface area contributed by atoms with Crippen molar-refractivity contribution in [3.63, 3.8) is 0 Å². The molecule has 0 unspecified atom stereocenters. The zero-order valence-electron chi connectivity index (χ0n) is 14.3. The number of nitrogens with zero attached hydrogens (tertiary/aromatic N) is 1. The second-order valence-electron chi connectivity index (χ2n) is 6.23. The van der Waals surface area contributed by atoms with Crippen molar-refractivity contribution in [1.29, 1.82) is 0 Å². The molecule has 1 heterocycles. The summed E-state index contributed by atoms with van der Waals surface area (Å²) >= 11 is 0. The molecule has 1 aliphatic rings. The maximum absolute atomic E-state index is 5.90. The van der Waals surface area contributed by atoms with Gasteiger partial charge in [0.2, 0.25) is 0 Å². The van der Waals surface area contributed by atoms with Gasteiger partial charge in [-0.15, -0.1) is 0 Å². The van der Waals surface area contributed by atoms with Gasteiger partial charge < -0.3 is 14.8 Å². The van der Waals surface area contributed by atoms with Gasteiger partial charge in [-0.05, 0) is 23.3 Å². The average Bonchev–Trinajstić information content (AvgIpc) is 2.63. The number of hydrogen-bond acceptors (Lipinski definition) is 4. The van der Waals surface area contributed by atoms with E-state index in [-0.39, 0.29) is 0 Å². The van der Waals surface area contributed by atoms with Gasteiger partial charge in [0.05, 0.1) is 20.3 Å². The molecule has 0 saturated carbocycles. The molecule has 0 aliphatic carbocycles. The average molecular weight is 326 g/mol. The van der Waals surface area contributed by atoms with Crippen molar-refractivity contribution in [3.8, 4) is 5.75 Å². The van der Waals surface area contributed by atoms with E-state index in [1.165, 1.54) is 11.1 Å². The summed E-state index contributed by atoms with van der Waals surface area (Å²) in [5, 5.41) is 3.55. The highest BCUT2D eigenvalue weighted by Gasteiger charge is 2.19. The molecule has 0 amide bonds. The number of methoxy groups -OCH3 is 1. The highest BCUT2D eigenvalue weighted by molar-refractivity contribution is 5.26. The lowest BCUT2D eigenvalue weighted by molar-refractivity contribution is 0.0702. The predicted octanol–water partition coefficient (Wildman–Crippen LogP) is 2.69. The van der Waals surface area contributed by atoms with Crippen LogP contribution in [0.4, 0.5) is 0 Å². The smallest absolute Gasteiger partial charge is 0.118 e. The van der Waals surface area contributed by atoms with Crippen LogP contribution in [0.3, 0.4) is 0 Å². The van der Waals surface area contributed by atoms with Crippen LogP contribution in [0.1, 0.15) is 11.1 Å². The summed E-state index contributed by atoms with van der Waals surface area (Å²) < 4.78 is 11.1. The van der Waals surface area contributed by atoms with Crippen molar-refractivity contribution in [2.24, 2.45) is 0 Å². The predicted molar refractivity (Wildman–Crippen MR) is 96.2 cm³/mol. The van der Waals surface area contributed by atoms with Gasteiger partial charge in [-0.3, -0.25) is 4.90 Å². The third-order valence-electron chi connectivity index (χ3n) is 4.34. The van der Waals surface area contributed by atoms with Gasteiger partial charge in [0.15, 0.2) is 0 Å². The zero-order valence-corrected chi connectivity index (χ0v) is 14.3. The summed E-state index contributed by atoms with van der Waals surface area (Å²) in [6.07, 6.45) is 0. The minimum absolute atomic E-state index is 0.390. The standard InChI is InChI=1S/C20H26N2O2/c1-23-20-9-7-18(8-10-20)15-24-16-19-14-22(12-11-21-19)13-17-5-3-2-4-6-17/h2-10,19,21H,11-16H2,1H3/t19-/m1/s1. The Balaban J connectivity index is 1.41. The lowest BCUT2D eigenvalue weighted by atomic mass is 10.1. The molecule has 4 heteroatoms. The second kappa shape index (κ2) is 8.83. The van der Waals surface area contributed by atoms with E-state index in [1.807, 2.05) is 12.1 Å². The highest BCUT2D eigenvalue weighted by atomic mass is 16.5. The quantitative estimate of drug-likeness (QED) is 0.848. The first-order valence-corrected chi connectivity index (χ1v) is 8.54. The van der Waals surface area contributed by atoms with Crippen molar-refractivity contribution in [1.82, 2.24) is 10.2 Å². The Labute approximate surface area is 144 Å². The van der Waals surface area contributed by atoms with E-state index in [2.05, 4.69) is 52.7 Å². The number of rotatable bonds is 7. The Morgan fingerprint density at radius 2 is 1.83 bits per heavy atom. The van der Waals surface area contributed by atoms with Gasteiger partial charge in [0.25, 0.3) is 0 Å². The molecule has 1 aliphatic heterocycles. The summed E-state index contributed by atoms with van der Waals surface area (Å²) in [4.78, 5) is 2.49. The number of hydrogen-bond donors (Lipinski definition) is 1. The van der Waals surface area contributed by atoms with Crippen LogP contribution in [0.5, 0.6) is 5.75 Å². The molecule has 2 aromatic carbocycles. The molecule has 128 valence electrons. The van der Waals surface area contributed by atoms with Crippen molar-refractivity contribution >= 4 is 0 Å². The van der Waals surface area contributed by atoms with Gasteiger partial charge in [0.1, 0.15) is 5.75 Å². The van der Waals surface area contributed by atoms with E-state index in [0.29, 0.717) is 12.6 Å². The molecule has 1 atom stereocenters. The Kier molecular flexibility index (Phi) is 6.24. The van der Waals surface area contributed by atoms with Crippen LogP contribution in [-0.2, 0) is 17.9 Å². The summed E-state index contributed by atoms with van der Waals surface area (Å²) in [5.74, 6) is 0.879. The van der Waals surface area contributed by atoms with E-state index < -0.39 is 0 Å². The molecule has 1 fully saturated rings. The summed E-state index contributed by atoms with van der Waals surface area (Å²) in [6, 6.07) is 19.1. The Morgan fingerprint density at radius 1 is 1.04 bits per heavy atom. The lowest BCUT2D eigenvalue weighted by Gasteiger charge is -2.33. The molecular weight excluding hydrogens is 300 g/mol. The summed E-state index contributed by atoms with van der Waals surface area (Å²) in [7, 11) is 1.68. The molecule has 3 rings (SSSR count). The molecule has 0 radical (unpaired) electrons. The van der Waals surface area contributed by atoms with Crippen LogP contribution in [0.25, 0.3) is 0 Å². The summed E-state index contributed by atoms with van der Waals surface area (Å²) in [5.41, 5.74) is 2.55. The number of piperazine rings is 1. The maximum Gasteiger partial charge on any atom is 0.118 e. The largest absolute Gasteiger partial charge is 0.497 e. The van der Waals surface area contributed by atoms with E-state index >= 15 is 0 Å². The van der Waals surface area contributed by atoms with Gasteiger partial charge in [-0.25, -0.2) is 0 Å². The molecule has 1 saturated heterocycles. The lowest BCUT2D eigenvalue weighted by Crippen LogP contribution is -2.52. The highest BCUT2D eigenvalue weighted by Crippen LogP contribution is 2.12. The molecule has 24 heavy (non-hydrogen) atoms. The Hall–Kier alpha value is -1.88. The van der Waals surface area contributed by atoms with E-state index in [0.717, 1.165) is 38.5 Å². The minimum atomic E-state index is 0.390. The third kappa shape index (κ3) is 5.06. The van der Waals surface area contributed by atoms with Crippen LogP contribution >= 0.6 is 0 Å². The second-order valence-corrected chi connectivity index (χ2v) is 6.23. The minimum Gasteiger partial charge on any atom is -0.497 e. The first-order chi connectivity index (χ1) is 11.8. The van der Waals surface area contributed by atoms with Crippen molar-refractivity contribution in [2.75, 3.05) is 33.4 Å². The fourth-order valence-corrected chi connectivity index (χ4v) is 3.03. The molecular formula is C20H26N2O2. The van der Waals surface area contributed by atoms with Gasteiger partial charge in [0, 0.05) is 32.2 Å². The summed E-state index contributed by atoms with van der Waals surface area (Å²) in [6.45, 7) is 5.51. The molecule has 0 aromatic heterocycles. The first kappa shape index (κ1) is 17.0. The van der Waals surface area contributed by atoms with Crippen LogP contribution in [0, 0.1) is 0 Å². The fourth-order valence-electron chi connectivity index (χ4n) is 3.03. The fraction of sp³-hybridized carbons (Fsp3) is 0.400. The molecule has 0 spiro atoms. The molecule has 2 aromatic rings. The van der Waals surface area contributed by atoms with Crippen LogP contribution in [-0.4, -0.2) is 44.3 Å². The van der Waals surface area contributed by atoms with Crippen molar-refractivity contribution in [2.45, 2.75) is 19.2 Å². The SMILES string of the molecule is COc1ccc(COC[C@H]2CN(Cc3ccccc3)CCN2)cc1. The van der Waals surface area contributed by atoms with Crippen LogP contribution < -0.4 is 10.1 Å². The van der Waals surface area contributed by atoms with Crippen LogP contribution in [0.2, 0.25) is 0 Å². The zero-order chi connectivity index (χ0) is 16.6. The first-order valence-electron chi connectivity index (χ1n) is 8.54. The molecule has 0 bridgehead atoms. The van der Waals surface area contributed by atoms with Crippen LogP contribution in [0.15, 0.2) is 54.6 Å². The van der Waals surface area contributed by atoms with E-state index in [1.54, 1.807) is 7.11 Å². The van der Waals surface area contributed by atoms with Crippen molar-refractivity contribution < 1.29 is 9.47 Å². The van der Waals surface area contributed by atoms with Gasteiger partial charge in [-0.1, -0.05) is 42.5 Å². The Morgan fingerprint density at radius 3 is 2.58 bits per heavy atom. The third-order valence-corrected chi connectivity index (χ3v) is 4.34. The molecule has 1 N–H and O–H groups in total. The topological polar surface area (TPSA) is 33.7 Å². The monoisotopic (exact) mass is 326 g/mol. The van der Waals surface area contributed by atoms with Gasteiger partial charge >= 0.3 is 0 Å². The Bertz CT molecular complexity index is 601. The van der Waals surface area contributed by atoms with E-state index in [4.69, 9.17) is 9.47 Å². The number of nitrogens with one attached hydrogen (secondary N) is 1.